The van der Waals surface area contributed by atoms with Crippen LogP contribution in [0.3, 0.4) is 0 Å². The van der Waals surface area contributed by atoms with Gasteiger partial charge in [-0.3, -0.25) is 4.79 Å². The first kappa shape index (κ1) is 13.7. The maximum Gasteiger partial charge on any atom is 0.387 e. The first-order valence-electron chi connectivity index (χ1n) is 5.76. The number of para-hydroxylation sites is 2. The molecule has 0 saturated carbocycles. The topological polar surface area (TPSA) is 73.6 Å². The molecular weight excluding hydrogens is 258 g/mol. The van der Waals surface area contributed by atoms with Crippen molar-refractivity contribution in [3.8, 4) is 5.75 Å². The zero-order valence-electron chi connectivity index (χ0n) is 10.0. The van der Waals surface area contributed by atoms with E-state index in [1.807, 2.05) is 0 Å². The molecule has 1 amide bonds. The van der Waals surface area contributed by atoms with Gasteiger partial charge in [-0.05, 0) is 12.1 Å². The Labute approximate surface area is 108 Å². The van der Waals surface area contributed by atoms with Gasteiger partial charge >= 0.3 is 6.61 Å². The molecule has 2 rings (SSSR count). The van der Waals surface area contributed by atoms with Gasteiger partial charge in [0.25, 0.3) is 0 Å². The Morgan fingerprint density at radius 1 is 1.42 bits per heavy atom. The zero-order chi connectivity index (χ0) is 13.8. The summed E-state index contributed by atoms with van der Waals surface area (Å²) in [4.78, 5) is 11.9. The van der Waals surface area contributed by atoms with E-state index >= 15 is 0 Å². The lowest BCUT2D eigenvalue weighted by Crippen LogP contribution is -2.37. The zero-order valence-corrected chi connectivity index (χ0v) is 10.0. The van der Waals surface area contributed by atoms with Gasteiger partial charge in [0.05, 0.1) is 24.8 Å². The van der Waals surface area contributed by atoms with Crippen molar-refractivity contribution >= 4 is 11.6 Å². The van der Waals surface area contributed by atoms with E-state index < -0.39 is 12.5 Å². The molecule has 1 aromatic carbocycles. The lowest BCUT2D eigenvalue weighted by molar-refractivity contribution is -0.120. The van der Waals surface area contributed by atoms with Crippen LogP contribution in [0.25, 0.3) is 0 Å². The first-order valence-corrected chi connectivity index (χ1v) is 5.76. The summed E-state index contributed by atoms with van der Waals surface area (Å²) >= 11 is 0. The van der Waals surface area contributed by atoms with E-state index in [0.717, 1.165) is 0 Å². The fraction of sp³-hybridized carbons (Fsp3) is 0.417. The summed E-state index contributed by atoms with van der Waals surface area (Å²) < 4.78 is 33.9. The monoisotopic (exact) mass is 272 g/mol. The number of carbonyl (C=O) groups excluding carboxylic acids is 1. The standard InChI is InChI=1S/C12H14F2N2O3/c13-12(14)19-10-4-2-1-3-9(10)16-11(17)7-5-18-6-8(7)15/h1-4,7-8,12H,5-6,15H2,(H,16,17). The third kappa shape index (κ3) is 3.39. The average molecular weight is 272 g/mol. The number of ether oxygens (including phenoxy) is 2. The molecule has 0 radical (unpaired) electrons. The summed E-state index contributed by atoms with van der Waals surface area (Å²) in [6.45, 7) is -2.41. The smallest absolute Gasteiger partial charge is 0.387 e. The number of benzene rings is 1. The molecule has 19 heavy (non-hydrogen) atoms. The lowest BCUT2D eigenvalue weighted by atomic mass is 10.0. The van der Waals surface area contributed by atoms with Crippen LogP contribution in [-0.4, -0.2) is 31.8 Å². The van der Waals surface area contributed by atoms with Crippen LogP contribution < -0.4 is 15.8 Å². The number of nitrogens with one attached hydrogen (secondary N) is 1. The molecule has 1 saturated heterocycles. The molecule has 104 valence electrons. The summed E-state index contributed by atoms with van der Waals surface area (Å²) in [5.41, 5.74) is 5.90. The molecule has 0 spiro atoms. The summed E-state index contributed by atoms with van der Waals surface area (Å²) in [7, 11) is 0. The van der Waals surface area contributed by atoms with Crippen LogP contribution in [0.4, 0.5) is 14.5 Å². The summed E-state index contributed by atoms with van der Waals surface area (Å²) in [6.07, 6.45) is 0. The van der Waals surface area contributed by atoms with E-state index in [2.05, 4.69) is 10.1 Å². The number of carbonyl (C=O) groups is 1. The van der Waals surface area contributed by atoms with Gasteiger partial charge in [-0.2, -0.15) is 8.78 Å². The molecule has 1 aliphatic heterocycles. The number of halogens is 2. The molecule has 0 aromatic heterocycles. The second kappa shape index (κ2) is 5.94. The maximum absolute atomic E-state index is 12.2. The average Bonchev–Trinajstić information content (AvgIpc) is 2.77. The Balaban J connectivity index is 2.08. The second-order valence-electron chi connectivity index (χ2n) is 4.17. The summed E-state index contributed by atoms with van der Waals surface area (Å²) in [5.74, 6) is -0.937. The molecule has 1 aromatic rings. The van der Waals surface area contributed by atoms with E-state index in [1.165, 1.54) is 18.2 Å². The lowest BCUT2D eigenvalue weighted by Gasteiger charge is -2.15. The highest BCUT2D eigenvalue weighted by Gasteiger charge is 2.31. The highest BCUT2D eigenvalue weighted by Crippen LogP contribution is 2.26. The fourth-order valence-electron chi connectivity index (χ4n) is 1.84. The van der Waals surface area contributed by atoms with Gasteiger partial charge in [-0.25, -0.2) is 0 Å². The van der Waals surface area contributed by atoms with Gasteiger partial charge in [-0.15, -0.1) is 0 Å². The van der Waals surface area contributed by atoms with Crippen molar-refractivity contribution in [3.05, 3.63) is 24.3 Å². The Bertz CT molecular complexity index is 456. The van der Waals surface area contributed by atoms with E-state index in [1.54, 1.807) is 6.07 Å². The molecule has 5 nitrogen and oxygen atoms in total. The number of rotatable bonds is 4. The SMILES string of the molecule is NC1COCC1C(=O)Nc1ccccc1OC(F)F. The van der Waals surface area contributed by atoms with Crippen LogP contribution >= 0.6 is 0 Å². The van der Waals surface area contributed by atoms with Crippen LogP contribution in [0.1, 0.15) is 0 Å². The number of hydrogen-bond acceptors (Lipinski definition) is 4. The van der Waals surface area contributed by atoms with Gasteiger partial charge < -0.3 is 20.5 Å². The number of nitrogens with two attached hydrogens (primary N) is 1. The third-order valence-electron chi connectivity index (χ3n) is 2.82. The Morgan fingerprint density at radius 3 is 2.79 bits per heavy atom. The maximum atomic E-state index is 12.2. The van der Waals surface area contributed by atoms with Crippen molar-refractivity contribution in [3.63, 3.8) is 0 Å². The Morgan fingerprint density at radius 2 is 2.16 bits per heavy atom. The van der Waals surface area contributed by atoms with Crippen molar-refractivity contribution in [1.82, 2.24) is 0 Å². The van der Waals surface area contributed by atoms with Crippen LogP contribution in [-0.2, 0) is 9.53 Å². The number of alkyl halides is 2. The van der Waals surface area contributed by atoms with E-state index in [9.17, 15) is 13.6 Å². The Hall–Kier alpha value is -1.73. The fourth-order valence-corrected chi connectivity index (χ4v) is 1.84. The largest absolute Gasteiger partial charge is 0.433 e. The van der Waals surface area contributed by atoms with Crippen LogP contribution in [0.15, 0.2) is 24.3 Å². The molecule has 1 aliphatic rings. The number of anilines is 1. The minimum atomic E-state index is -2.95. The summed E-state index contributed by atoms with van der Waals surface area (Å²) in [6, 6.07) is 5.60. The van der Waals surface area contributed by atoms with E-state index in [-0.39, 0.29) is 30.0 Å². The van der Waals surface area contributed by atoms with Crippen LogP contribution in [0.2, 0.25) is 0 Å². The van der Waals surface area contributed by atoms with E-state index in [4.69, 9.17) is 10.5 Å². The summed E-state index contributed by atoms with van der Waals surface area (Å²) in [5, 5.41) is 2.53. The Kier molecular flexibility index (Phi) is 4.28. The third-order valence-corrected chi connectivity index (χ3v) is 2.82. The highest BCUT2D eigenvalue weighted by molar-refractivity contribution is 5.94. The minimum absolute atomic E-state index is 0.0849. The predicted molar refractivity (Wildman–Crippen MR) is 64.0 cm³/mol. The molecule has 0 aliphatic carbocycles. The molecule has 2 unspecified atom stereocenters. The second-order valence-corrected chi connectivity index (χ2v) is 4.17. The minimum Gasteiger partial charge on any atom is -0.433 e. The van der Waals surface area contributed by atoms with E-state index in [0.29, 0.717) is 6.61 Å². The molecular formula is C12H14F2N2O3. The van der Waals surface area contributed by atoms with Crippen LogP contribution in [0.5, 0.6) is 5.75 Å². The predicted octanol–water partition coefficient (Wildman–Crippen LogP) is 1.20. The highest BCUT2D eigenvalue weighted by atomic mass is 19.3. The van der Waals surface area contributed by atoms with Gasteiger partial charge in [0.1, 0.15) is 5.75 Å². The van der Waals surface area contributed by atoms with Crippen molar-refractivity contribution in [2.45, 2.75) is 12.7 Å². The van der Waals surface area contributed by atoms with Crippen molar-refractivity contribution < 1.29 is 23.0 Å². The molecule has 1 heterocycles. The van der Waals surface area contributed by atoms with Crippen LogP contribution in [0, 0.1) is 5.92 Å². The van der Waals surface area contributed by atoms with Crippen molar-refractivity contribution in [2.75, 3.05) is 18.5 Å². The normalized spacial score (nSPS) is 22.5. The quantitative estimate of drug-likeness (QED) is 0.863. The number of amides is 1. The molecule has 1 fully saturated rings. The van der Waals surface area contributed by atoms with Gasteiger partial charge in [0, 0.05) is 6.04 Å². The molecule has 7 heteroatoms. The molecule has 2 atom stereocenters. The van der Waals surface area contributed by atoms with Gasteiger partial charge in [0.15, 0.2) is 0 Å². The first-order chi connectivity index (χ1) is 9.08. The molecule has 0 bridgehead atoms. The molecule has 3 N–H and O–H groups in total. The van der Waals surface area contributed by atoms with Crippen molar-refractivity contribution in [2.24, 2.45) is 11.7 Å². The van der Waals surface area contributed by atoms with Gasteiger partial charge in [-0.1, -0.05) is 12.1 Å². The number of hydrogen-bond donors (Lipinski definition) is 2. The van der Waals surface area contributed by atoms with Crippen molar-refractivity contribution in [1.29, 1.82) is 0 Å². The van der Waals surface area contributed by atoms with Gasteiger partial charge in [0.2, 0.25) is 5.91 Å².